The average Bonchev–Trinajstić information content (AvgIpc) is 2.65. The number of carbonyl (C=O) groups excluding carboxylic acids is 2. The van der Waals surface area contributed by atoms with Gasteiger partial charge in [-0.15, -0.1) is 5.10 Å². The molecule has 15 heavy (non-hydrogen) atoms. The van der Waals surface area contributed by atoms with Crippen molar-refractivity contribution in [2.75, 3.05) is 24.7 Å². The Balaban J connectivity index is 2.56. The lowest BCUT2D eigenvalue weighted by atomic mass is 10.8. The maximum Gasteiger partial charge on any atom is 0.321 e. The molecule has 0 aliphatic heterocycles. The Hall–Kier alpha value is -2.32. The molecule has 0 fully saturated rings. The Morgan fingerprint density at radius 3 is 2.33 bits per heavy atom. The number of hydrogen-bond donors (Lipinski definition) is 5. The van der Waals surface area contributed by atoms with Gasteiger partial charge >= 0.3 is 12.1 Å². The van der Waals surface area contributed by atoms with E-state index in [-0.39, 0.29) is 11.9 Å². The first-order valence-electron chi connectivity index (χ1n) is 4.05. The minimum Gasteiger partial charge on any atom is -0.341 e. The Labute approximate surface area is 85.0 Å². The van der Waals surface area contributed by atoms with Crippen LogP contribution in [0.4, 0.5) is 21.5 Å². The summed E-state index contributed by atoms with van der Waals surface area (Å²) in [6.07, 6.45) is 0. The molecule has 1 aromatic rings. The third-order valence-electron chi connectivity index (χ3n) is 1.40. The predicted molar refractivity (Wildman–Crippen MR) is 52.5 cm³/mol. The van der Waals surface area contributed by atoms with Crippen molar-refractivity contribution in [2.45, 2.75) is 0 Å². The Kier molecular flexibility index (Phi) is 3.43. The van der Waals surface area contributed by atoms with Crippen molar-refractivity contribution in [3.05, 3.63) is 0 Å². The number of aromatic nitrogens is 3. The number of anilines is 2. The zero-order valence-corrected chi connectivity index (χ0v) is 8.21. The minimum atomic E-state index is -0.444. The van der Waals surface area contributed by atoms with Crippen molar-refractivity contribution in [2.24, 2.45) is 0 Å². The normalized spacial score (nSPS) is 9.20. The second-order valence-corrected chi connectivity index (χ2v) is 2.42. The summed E-state index contributed by atoms with van der Waals surface area (Å²) in [6.45, 7) is 0. The SMILES string of the molecule is CNC(=O)Nc1n[nH]c(NC(=O)NC)n1. The van der Waals surface area contributed by atoms with Gasteiger partial charge in [0.05, 0.1) is 0 Å². The third-order valence-corrected chi connectivity index (χ3v) is 1.40. The quantitative estimate of drug-likeness (QED) is 0.446. The monoisotopic (exact) mass is 213 g/mol. The number of carbonyl (C=O) groups is 2. The molecule has 82 valence electrons. The number of urea groups is 2. The fourth-order valence-corrected chi connectivity index (χ4v) is 0.708. The summed E-state index contributed by atoms with van der Waals surface area (Å²) >= 11 is 0. The maximum absolute atomic E-state index is 10.9. The van der Waals surface area contributed by atoms with Gasteiger partial charge < -0.3 is 10.6 Å². The first kappa shape index (κ1) is 10.8. The summed E-state index contributed by atoms with van der Waals surface area (Å²) in [5, 5.41) is 15.4. The van der Waals surface area contributed by atoms with Crippen LogP contribution >= 0.6 is 0 Å². The van der Waals surface area contributed by atoms with Crippen molar-refractivity contribution < 1.29 is 9.59 Å². The molecule has 9 nitrogen and oxygen atoms in total. The van der Waals surface area contributed by atoms with Gasteiger partial charge in [0.2, 0.25) is 5.95 Å². The van der Waals surface area contributed by atoms with Crippen molar-refractivity contribution in [1.29, 1.82) is 0 Å². The van der Waals surface area contributed by atoms with Gasteiger partial charge in [-0.25, -0.2) is 14.7 Å². The lowest BCUT2D eigenvalue weighted by molar-refractivity contribution is 0.253. The second kappa shape index (κ2) is 4.79. The predicted octanol–water partition coefficient (Wildman–Crippen LogP) is -0.693. The fourth-order valence-electron chi connectivity index (χ4n) is 0.708. The topological polar surface area (TPSA) is 124 Å². The van der Waals surface area contributed by atoms with Crippen LogP contribution in [0, 0.1) is 0 Å². The molecule has 4 amide bonds. The largest absolute Gasteiger partial charge is 0.341 e. The van der Waals surface area contributed by atoms with Crippen LogP contribution in [-0.2, 0) is 0 Å². The second-order valence-electron chi connectivity index (χ2n) is 2.42. The lowest BCUT2D eigenvalue weighted by Crippen LogP contribution is -2.25. The van der Waals surface area contributed by atoms with Gasteiger partial charge in [0.1, 0.15) is 0 Å². The molecule has 0 atom stereocenters. The van der Waals surface area contributed by atoms with Crippen LogP contribution in [0.1, 0.15) is 0 Å². The highest BCUT2D eigenvalue weighted by atomic mass is 16.2. The lowest BCUT2D eigenvalue weighted by Gasteiger charge is -1.98. The van der Waals surface area contributed by atoms with E-state index in [1.165, 1.54) is 14.1 Å². The Morgan fingerprint density at radius 2 is 1.73 bits per heavy atom. The van der Waals surface area contributed by atoms with Gasteiger partial charge in [0.25, 0.3) is 5.95 Å². The van der Waals surface area contributed by atoms with E-state index >= 15 is 0 Å². The van der Waals surface area contributed by atoms with Crippen LogP contribution in [0.2, 0.25) is 0 Å². The molecule has 0 saturated carbocycles. The number of hydrogen-bond acceptors (Lipinski definition) is 4. The van der Waals surface area contributed by atoms with E-state index in [0.29, 0.717) is 0 Å². The summed E-state index contributed by atoms with van der Waals surface area (Å²) in [5.41, 5.74) is 0. The van der Waals surface area contributed by atoms with Gasteiger partial charge in [0, 0.05) is 14.1 Å². The summed E-state index contributed by atoms with van der Waals surface area (Å²) < 4.78 is 0. The van der Waals surface area contributed by atoms with Gasteiger partial charge in [-0.05, 0) is 0 Å². The van der Waals surface area contributed by atoms with E-state index in [1.54, 1.807) is 0 Å². The first-order chi connectivity index (χ1) is 7.15. The van der Waals surface area contributed by atoms with Gasteiger partial charge in [0.15, 0.2) is 0 Å². The zero-order chi connectivity index (χ0) is 11.3. The van der Waals surface area contributed by atoms with Crippen LogP contribution in [0.5, 0.6) is 0 Å². The highest BCUT2D eigenvalue weighted by Gasteiger charge is 2.07. The number of rotatable bonds is 2. The molecular formula is C6H11N7O2. The van der Waals surface area contributed by atoms with E-state index < -0.39 is 12.1 Å². The minimum absolute atomic E-state index is 0.0701. The van der Waals surface area contributed by atoms with Gasteiger partial charge in [-0.2, -0.15) is 4.98 Å². The van der Waals surface area contributed by atoms with E-state index in [0.717, 1.165) is 0 Å². The molecule has 0 aliphatic carbocycles. The summed E-state index contributed by atoms with van der Waals surface area (Å²) in [5.74, 6) is 0.210. The molecule has 1 aromatic heterocycles. The van der Waals surface area contributed by atoms with Crippen molar-refractivity contribution in [3.8, 4) is 0 Å². The molecular weight excluding hydrogens is 202 g/mol. The number of nitrogens with zero attached hydrogens (tertiary/aromatic N) is 2. The third kappa shape index (κ3) is 3.14. The smallest absolute Gasteiger partial charge is 0.321 e. The summed E-state index contributed by atoms with van der Waals surface area (Å²) in [7, 11) is 2.93. The molecule has 5 N–H and O–H groups in total. The molecule has 1 heterocycles. The van der Waals surface area contributed by atoms with E-state index in [2.05, 4.69) is 36.4 Å². The fraction of sp³-hybridized carbons (Fsp3) is 0.333. The summed E-state index contributed by atoms with van der Waals surface area (Å²) in [6, 6.07) is -0.877. The standard InChI is InChI=1S/C6H11N7O2/c1-7-5(14)10-3-9-4(13-12-3)11-6(15)8-2/h1-2H3,(H5,7,8,9,10,11,12,13,14,15). The van der Waals surface area contributed by atoms with Crippen LogP contribution in [-0.4, -0.2) is 41.3 Å². The van der Waals surface area contributed by atoms with E-state index in [1.807, 2.05) is 0 Å². The van der Waals surface area contributed by atoms with Crippen molar-refractivity contribution in [1.82, 2.24) is 25.8 Å². The first-order valence-corrected chi connectivity index (χ1v) is 4.05. The van der Waals surface area contributed by atoms with Crippen LogP contribution in [0.25, 0.3) is 0 Å². The van der Waals surface area contributed by atoms with E-state index in [4.69, 9.17) is 0 Å². The molecule has 0 radical (unpaired) electrons. The van der Waals surface area contributed by atoms with Gasteiger partial charge in [-0.3, -0.25) is 10.6 Å². The van der Waals surface area contributed by atoms with Crippen LogP contribution < -0.4 is 21.3 Å². The molecule has 9 heteroatoms. The molecule has 0 spiro atoms. The number of aromatic amines is 1. The summed E-state index contributed by atoms with van der Waals surface area (Å²) in [4.78, 5) is 25.5. The molecule has 0 saturated heterocycles. The molecule has 0 aliphatic rings. The Morgan fingerprint density at radius 1 is 1.13 bits per heavy atom. The zero-order valence-electron chi connectivity index (χ0n) is 8.21. The molecule has 0 unspecified atom stereocenters. The highest BCUT2D eigenvalue weighted by Crippen LogP contribution is 2.02. The van der Waals surface area contributed by atoms with Crippen LogP contribution in [0.3, 0.4) is 0 Å². The molecule has 1 rings (SSSR count). The highest BCUT2D eigenvalue weighted by molar-refractivity contribution is 5.89. The van der Waals surface area contributed by atoms with Crippen molar-refractivity contribution >= 4 is 24.0 Å². The van der Waals surface area contributed by atoms with Crippen LogP contribution in [0.15, 0.2) is 0 Å². The van der Waals surface area contributed by atoms with Crippen molar-refractivity contribution in [3.63, 3.8) is 0 Å². The van der Waals surface area contributed by atoms with E-state index in [9.17, 15) is 9.59 Å². The number of H-pyrrole nitrogens is 1. The molecule has 0 aromatic carbocycles. The maximum atomic E-state index is 10.9. The number of nitrogens with one attached hydrogen (secondary N) is 5. The average molecular weight is 213 g/mol. The Bertz CT molecular complexity index is 328. The number of amides is 4. The van der Waals surface area contributed by atoms with Gasteiger partial charge in [-0.1, -0.05) is 0 Å². The molecule has 0 bridgehead atoms.